The zero-order valence-corrected chi connectivity index (χ0v) is 17.5. The molecule has 1 aromatic carbocycles. The Morgan fingerprint density at radius 2 is 2.00 bits per heavy atom. The van der Waals surface area contributed by atoms with Gasteiger partial charge in [0.15, 0.2) is 0 Å². The molecule has 9 nitrogen and oxygen atoms in total. The summed E-state index contributed by atoms with van der Waals surface area (Å²) in [5.74, 6) is 1.10. The van der Waals surface area contributed by atoms with Crippen molar-refractivity contribution in [3.8, 4) is 0 Å². The molecule has 1 amide bonds. The third-order valence-corrected chi connectivity index (χ3v) is 5.82. The number of rotatable bonds is 7. The second kappa shape index (κ2) is 8.83. The van der Waals surface area contributed by atoms with Crippen LogP contribution in [-0.4, -0.2) is 61.5 Å². The van der Waals surface area contributed by atoms with Crippen LogP contribution in [0.3, 0.4) is 0 Å². The Balaban J connectivity index is 1.41. The van der Waals surface area contributed by atoms with E-state index in [0.717, 1.165) is 29.7 Å². The van der Waals surface area contributed by atoms with Crippen LogP contribution in [0.5, 0.6) is 0 Å². The van der Waals surface area contributed by atoms with Gasteiger partial charge in [0.05, 0.1) is 30.5 Å². The maximum Gasteiger partial charge on any atom is 0.345 e. The van der Waals surface area contributed by atoms with Crippen molar-refractivity contribution in [3.05, 3.63) is 46.9 Å². The number of imidazole rings is 1. The average molecular weight is 412 g/mol. The van der Waals surface area contributed by atoms with Crippen LogP contribution in [0.2, 0.25) is 0 Å². The Bertz CT molecular complexity index is 1070. The largest absolute Gasteiger partial charge is 0.383 e. The molecule has 30 heavy (non-hydrogen) atoms. The average Bonchev–Trinajstić information content (AvgIpc) is 3.33. The van der Waals surface area contributed by atoms with Crippen molar-refractivity contribution in [1.29, 1.82) is 0 Å². The standard InChI is InChI=1S/C21H28N6O3/c1-3-26-20(23-27(21(26)29)12-13-30-2)16-8-10-24(11-9-16)19(28)14-25-15-22-17-6-4-5-7-18(17)25/h4-7,15-16H,3,8-14H2,1-2H3. The first-order valence-corrected chi connectivity index (χ1v) is 10.5. The third kappa shape index (κ3) is 3.89. The molecule has 1 aliphatic heterocycles. The lowest BCUT2D eigenvalue weighted by molar-refractivity contribution is -0.132. The number of nitrogens with zero attached hydrogens (tertiary/aromatic N) is 6. The van der Waals surface area contributed by atoms with Crippen molar-refractivity contribution >= 4 is 16.9 Å². The number of aromatic nitrogens is 5. The normalized spacial score (nSPS) is 15.2. The van der Waals surface area contributed by atoms with Crippen LogP contribution in [0, 0.1) is 0 Å². The van der Waals surface area contributed by atoms with Gasteiger partial charge in [0.1, 0.15) is 12.4 Å². The molecule has 1 saturated heterocycles. The minimum atomic E-state index is -0.0879. The molecule has 0 aliphatic carbocycles. The van der Waals surface area contributed by atoms with Crippen LogP contribution in [0.15, 0.2) is 35.4 Å². The highest BCUT2D eigenvalue weighted by Crippen LogP contribution is 2.26. The summed E-state index contributed by atoms with van der Waals surface area (Å²) < 4.78 is 10.2. The quantitative estimate of drug-likeness (QED) is 0.586. The van der Waals surface area contributed by atoms with Gasteiger partial charge < -0.3 is 14.2 Å². The molecule has 9 heteroatoms. The summed E-state index contributed by atoms with van der Waals surface area (Å²) in [6.07, 6.45) is 3.33. The van der Waals surface area contributed by atoms with E-state index in [1.807, 2.05) is 40.7 Å². The second-order valence-electron chi connectivity index (χ2n) is 7.62. The minimum absolute atomic E-state index is 0.0879. The first-order chi connectivity index (χ1) is 14.6. The highest BCUT2D eigenvalue weighted by atomic mass is 16.5. The van der Waals surface area contributed by atoms with E-state index in [0.29, 0.717) is 32.8 Å². The number of hydrogen-bond donors (Lipinski definition) is 0. The molecular weight excluding hydrogens is 384 g/mol. The summed E-state index contributed by atoms with van der Waals surface area (Å²) in [6.45, 7) is 5.07. The van der Waals surface area contributed by atoms with Gasteiger partial charge in [-0.15, -0.1) is 0 Å². The number of hydrogen-bond acceptors (Lipinski definition) is 5. The smallest absolute Gasteiger partial charge is 0.345 e. The van der Waals surface area contributed by atoms with Gasteiger partial charge in [-0.25, -0.2) is 14.5 Å². The van der Waals surface area contributed by atoms with Gasteiger partial charge in [-0.05, 0) is 31.9 Å². The van der Waals surface area contributed by atoms with Crippen molar-refractivity contribution in [2.75, 3.05) is 26.8 Å². The first kappa shape index (κ1) is 20.3. The molecule has 160 valence electrons. The van der Waals surface area contributed by atoms with E-state index < -0.39 is 0 Å². The Labute approximate surface area is 174 Å². The fourth-order valence-electron chi connectivity index (χ4n) is 4.15. The van der Waals surface area contributed by atoms with Crippen molar-refractivity contribution in [1.82, 2.24) is 28.8 Å². The monoisotopic (exact) mass is 412 g/mol. The molecule has 4 rings (SSSR count). The van der Waals surface area contributed by atoms with Crippen molar-refractivity contribution in [2.24, 2.45) is 0 Å². The lowest BCUT2D eigenvalue weighted by Gasteiger charge is -2.31. The van der Waals surface area contributed by atoms with Gasteiger partial charge in [-0.2, -0.15) is 5.10 Å². The fourth-order valence-corrected chi connectivity index (χ4v) is 4.15. The zero-order chi connectivity index (χ0) is 21.1. The summed E-state index contributed by atoms with van der Waals surface area (Å²) in [4.78, 5) is 31.7. The van der Waals surface area contributed by atoms with Crippen molar-refractivity contribution in [2.45, 2.75) is 45.3 Å². The Morgan fingerprint density at radius 1 is 1.23 bits per heavy atom. The summed E-state index contributed by atoms with van der Waals surface area (Å²) in [6, 6.07) is 7.82. The van der Waals surface area contributed by atoms with Gasteiger partial charge in [0.25, 0.3) is 0 Å². The zero-order valence-electron chi connectivity index (χ0n) is 17.5. The molecule has 0 radical (unpaired) electrons. The van der Waals surface area contributed by atoms with Crippen LogP contribution in [-0.2, 0) is 29.2 Å². The van der Waals surface area contributed by atoms with Crippen LogP contribution in [0.1, 0.15) is 31.5 Å². The van der Waals surface area contributed by atoms with E-state index >= 15 is 0 Å². The third-order valence-electron chi connectivity index (χ3n) is 5.82. The van der Waals surface area contributed by atoms with Gasteiger partial charge in [-0.1, -0.05) is 12.1 Å². The van der Waals surface area contributed by atoms with Crippen LogP contribution >= 0.6 is 0 Å². The van der Waals surface area contributed by atoms with Crippen LogP contribution < -0.4 is 5.69 Å². The highest BCUT2D eigenvalue weighted by molar-refractivity contribution is 5.80. The Hall–Kier alpha value is -2.94. The molecule has 0 N–H and O–H groups in total. The molecule has 0 saturated carbocycles. The number of para-hydroxylation sites is 2. The van der Waals surface area contributed by atoms with E-state index in [1.54, 1.807) is 18.0 Å². The second-order valence-corrected chi connectivity index (χ2v) is 7.62. The molecule has 3 heterocycles. The first-order valence-electron chi connectivity index (χ1n) is 10.5. The van der Waals surface area contributed by atoms with Crippen molar-refractivity contribution < 1.29 is 9.53 Å². The number of fused-ring (bicyclic) bond motifs is 1. The minimum Gasteiger partial charge on any atom is -0.383 e. The molecule has 1 aliphatic rings. The highest BCUT2D eigenvalue weighted by Gasteiger charge is 2.28. The van der Waals surface area contributed by atoms with E-state index in [1.165, 1.54) is 4.68 Å². The van der Waals surface area contributed by atoms with Gasteiger partial charge in [-0.3, -0.25) is 9.36 Å². The van der Waals surface area contributed by atoms with Crippen molar-refractivity contribution in [3.63, 3.8) is 0 Å². The lowest BCUT2D eigenvalue weighted by atomic mass is 9.96. The summed E-state index contributed by atoms with van der Waals surface area (Å²) in [5, 5.41) is 4.58. The number of piperidine rings is 1. The number of carbonyl (C=O) groups is 1. The number of ether oxygens (including phenoxy) is 1. The van der Waals surface area contributed by atoms with E-state index in [4.69, 9.17) is 4.74 Å². The molecule has 3 aromatic rings. The SMILES string of the molecule is CCn1c(C2CCN(C(=O)Cn3cnc4ccccc43)CC2)nn(CCOC)c1=O. The lowest BCUT2D eigenvalue weighted by Crippen LogP contribution is -2.40. The molecule has 2 aromatic heterocycles. The molecule has 0 spiro atoms. The molecular formula is C21H28N6O3. The predicted octanol–water partition coefficient (Wildman–Crippen LogP) is 1.47. The summed E-state index contributed by atoms with van der Waals surface area (Å²) in [7, 11) is 1.61. The number of benzene rings is 1. The maximum absolute atomic E-state index is 12.8. The molecule has 0 atom stereocenters. The van der Waals surface area contributed by atoms with Gasteiger partial charge in [0.2, 0.25) is 5.91 Å². The van der Waals surface area contributed by atoms with E-state index in [2.05, 4.69) is 10.1 Å². The molecule has 0 unspecified atom stereocenters. The molecule has 1 fully saturated rings. The Kier molecular flexibility index (Phi) is 5.98. The maximum atomic E-state index is 12.8. The van der Waals surface area contributed by atoms with Gasteiger partial charge in [0, 0.05) is 32.7 Å². The number of amides is 1. The summed E-state index contributed by atoms with van der Waals surface area (Å²) in [5.41, 5.74) is 1.77. The van der Waals surface area contributed by atoms with Gasteiger partial charge >= 0.3 is 5.69 Å². The predicted molar refractivity (Wildman–Crippen MR) is 112 cm³/mol. The van der Waals surface area contributed by atoms with E-state index in [9.17, 15) is 9.59 Å². The number of likely N-dealkylation sites (tertiary alicyclic amines) is 1. The topological polar surface area (TPSA) is 87.2 Å². The van der Waals surface area contributed by atoms with E-state index in [-0.39, 0.29) is 24.1 Å². The molecule has 0 bridgehead atoms. The van der Waals surface area contributed by atoms with Crippen LogP contribution in [0.25, 0.3) is 11.0 Å². The fraction of sp³-hybridized carbons (Fsp3) is 0.524. The summed E-state index contributed by atoms with van der Waals surface area (Å²) >= 11 is 0. The van der Waals surface area contributed by atoms with Crippen LogP contribution in [0.4, 0.5) is 0 Å². The Morgan fingerprint density at radius 3 is 2.73 bits per heavy atom. The number of carbonyl (C=O) groups excluding carboxylic acids is 1. The number of methoxy groups -OCH3 is 1.